The Balaban J connectivity index is 1.67. The van der Waals surface area contributed by atoms with Crippen LogP contribution in [0.4, 0.5) is 5.82 Å². The van der Waals surface area contributed by atoms with E-state index in [1.807, 2.05) is 42.5 Å². The highest BCUT2D eigenvalue weighted by Crippen LogP contribution is 2.25. The maximum Gasteiger partial charge on any atom is 0.224 e. The molecule has 27 heavy (non-hydrogen) atoms. The first kappa shape index (κ1) is 17.4. The molecule has 1 aromatic carbocycles. The van der Waals surface area contributed by atoms with Crippen molar-refractivity contribution in [3.63, 3.8) is 0 Å². The monoisotopic (exact) mass is 379 g/mol. The van der Waals surface area contributed by atoms with Crippen LogP contribution in [0.2, 0.25) is 5.02 Å². The number of likely N-dealkylation sites (tertiary alicyclic amines) is 1. The number of pyridine rings is 1. The molecule has 0 saturated carbocycles. The van der Waals surface area contributed by atoms with Gasteiger partial charge in [0, 0.05) is 47.6 Å². The van der Waals surface area contributed by atoms with Gasteiger partial charge in [0.15, 0.2) is 5.82 Å². The van der Waals surface area contributed by atoms with E-state index in [1.54, 1.807) is 17.3 Å². The van der Waals surface area contributed by atoms with Gasteiger partial charge in [-0.3, -0.25) is 9.78 Å². The average Bonchev–Trinajstić information content (AvgIpc) is 3.12. The molecule has 0 bridgehead atoms. The Labute approximate surface area is 162 Å². The van der Waals surface area contributed by atoms with Gasteiger partial charge in [-0.15, -0.1) is 0 Å². The third-order valence-corrected chi connectivity index (χ3v) is 4.66. The first-order valence-electron chi connectivity index (χ1n) is 8.76. The maximum atomic E-state index is 11.8. The van der Waals surface area contributed by atoms with Gasteiger partial charge in [-0.25, -0.2) is 9.97 Å². The van der Waals surface area contributed by atoms with Crippen LogP contribution in [-0.4, -0.2) is 39.0 Å². The molecule has 0 radical (unpaired) electrons. The molecule has 2 aromatic heterocycles. The summed E-state index contributed by atoms with van der Waals surface area (Å²) in [6.07, 6.45) is 4.96. The number of benzene rings is 1. The molecule has 1 saturated heterocycles. The first-order chi connectivity index (χ1) is 13.2. The molecule has 1 aliphatic heterocycles. The SMILES string of the molecule is O=C1CCCN1CNc1cc(-c2ccc(Cl)cc2)nc(-c2cccnc2)n1. The molecule has 3 aromatic rings. The zero-order chi connectivity index (χ0) is 18.6. The van der Waals surface area contributed by atoms with Gasteiger partial charge in [0.2, 0.25) is 5.91 Å². The van der Waals surface area contributed by atoms with Crippen LogP contribution in [0.1, 0.15) is 12.8 Å². The van der Waals surface area contributed by atoms with E-state index in [0.717, 1.165) is 29.8 Å². The van der Waals surface area contributed by atoms with Crippen LogP contribution in [0, 0.1) is 0 Å². The molecule has 6 nitrogen and oxygen atoms in total. The number of nitrogens with one attached hydrogen (secondary N) is 1. The molecule has 4 rings (SSSR count). The lowest BCUT2D eigenvalue weighted by Gasteiger charge is -2.17. The van der Waals surface area contributed by atoms with Crippen molar-refractivity contribution < 1.29 is 4.79 Å². The van der Waals surface area contributed by atoms with Gasteiger partial charge in [0.05, 0.1) is 12.4 Å². The molecule has 1 fully saturated rings. The average molecular weight is 380 g/mol. The normalized spacial score (nSPS) is 13.8. The largest absolute Gasteiger partial charge is 0.352 e. The van der Waals surface area contributed by atoms with Crippen LogP contribution in [0.3, 0.4) is 0 Å². The number of hydrogen-bond donors (Lipinski definition) is 1. The molecule has 1 amide bonds. The number of anilines is 1. The predicted molar refractivity (Wildman–Crippen MR) is 105 cm³/mol. The van der Waals surface area contributed by atoms with Crippen molar-refractivity contribution in [1.82, 2.24) is 19.9 Å². The highest BCUT2D eigenvalue weighted by molar-refractivity contribution is 6.30. The Hall–Kier alpha value is -2.99. The van der Waals surface area contributed by atoms with E-state index in [4.69, 9.17) is 11.6 Å². The molecule has 0 unspecified atom stereocenters. The van der Waals surface area contributed by atoms with Crippen molar-refractivity contribution in [1.29, 1.82) is 0 Å². The van der Waals surface area contributed by atoms with E-state index >= 15 is 0 Å². The summed E-state index contributed by atoms with van der Waals surface area (Å²) in [5, 5.41) is 3.93. The quantitative estimate of drug-likeness (QED) is 0.729. The van der Waals surface area contributed by atoms with Crippen molar-refractivity contribution in [2.45, 2.75) is 12.8 Å². The van der Waals surface area contributed by atoms with Crippen LogP contribution >= 0.6 is 11.6 Å². The minimum atomic E-state index is 0.168. The summed E-state index contributed by atoms with van der Waals surface area (Å²) >= 11 is 6.00. The van der Waals surface area contributed by atoms with Crippen LogP contribution < -0.4 is 5.32 Å². The van der Waals surface area contributed by atoms with Gasteiger partial charge >= 0.3 is 0 Å². The molecule has 3 heterocycles. The number of nitrogens with zero attached hydrogens (tertiary/aromatic N) is 4. The molecule has 0 aliphatic carbocycles. The number of carbonyl (C=O) groups excluding carboxylic acids is 1. The van der Waals surface area contributed by atoms with Gasteiger partial charge in [0.1, 0.15) is 5.82 Å². The molecule has 0 spiro atoms. The van der Waals surface area contributed by atoms with Crippen molar-refractivity contribution in [3.05, 3.63) is 59.9 Å². The van der Waals surface area contributed by atoms with Crippen LogP contribution in [0.15, 0.2) is 54.9 Å². The van der Waals surface area contributed by atoms with Crippen molar-refractivity contribution in [2.24, 2.45) is 0 Å². The number of carbonyl (C=O) groups is 1. The van der Waals surface area contributed by atoms with Crippen molar-refractivity contribution in [3.8, 4) is 22.6 Å². The summed E-state index contributed by atoms with van der Waals surface area (Å²) in [5.41, 5.74) is 2.54. The molecular formula is C20H18ClN5O. The van der Waals surface area contributed by atoms with Gasteiger partial charge in [-0.1, -0.05) is 23.7 Å². The third-order valence-electron chi connectivity index (χ3n) is 4.41. The highest BCUT2D eigenvalue weighted by Gasteiger charge is 2.19. The minimum absolute atomic E-state index is 0.168. The summed E-state index contributed by atoms with van der Waals surface area (Å²) < 4.78 is 0. The zero-order valence-electron chi connectivity index (χ0n) is 14.6. The van der Waals surface area contributed by atoms with E-state index in [1.165, 1.54) is 0 Å². The Morgan fingerprint density at radius 3 is 2.67 bits per heavy atom. The summed E-state index contributed by atoms with van der Waals surface area (Å²) in [5.74, 6) is 1.40. The molecule has 1 N–H and O–H groups in total. The van der Waals surface area contributed by atoms with Gasteiger partial charge in [0.25, 0.3) is 0 Å². The lowest BCUT2D eigenvalue weighted by molar-refractivity contribution is -0.127. The van der Waals surface area contributed by atoms with Gasteiger partial charge in [-0.05, 0) is 30.7 Å². The summed E-state index contributed by atoms with van der Waals surface area (Å²) in [6, 6.07) is 13.2. The van der Waals surface area contributed by atoms with E-state index in [0.29, 0.717) is 29.8 Å². The fourth-order valence-electron chi connectivity index (χ4n) is 2.98. The molecular weight excluding hydrogens is 362 g/mol. The highest BCUT2D eigenvalue weighted by atomic mass is 35.5. The summed E-state index contributed by atoms with van der Waals surface area (Å²) in [6.45, 7) is 1.21. The van der Waals surface area contributed by atoms with Crippen molar-refractivity contribution >= 4 is 23.3 Å². The lowest BCUT2D eigenvalue weighted by Crippen LogP contribution is -2.30. The number of hydrogen-bond acceptors (Lipinski definition) is 5. The van der Waals surface area contributed by atoms with Crippen LogP contribution in [0.5, 0.6) is 0 Å². The fourth-order valence-corrected chi connectivity index (χ4v) is 3.10. The molecule has 0 atom stereocenters. The summed E-state index contributed by atoms with van der Waals surface area (Å²) in [7, 11) is 0. The van der Waals surface area contributed by atoms with E-state index < -0.39 is 0 Å². The second kappa shape index (κ2) is 7.72. The minimum Gasteiger partial charge on any atom is -0.352 e. The van der Waals surface area contributed by atoms with E-state index in [-0.39, 0.29) is 5.91 Å². The van der Waals surface area contributed by atoms with E-state index in [2.05, 4.69) is 20.3 Å². The second-order valence-electron chi connectivity index (χ2n) is 6.31. The van der Waals surface area contributed by atoms with Crippen molar-refractivity contribution in [2.75, 3.05) is 18.5 Å². The number of halogens is 1. The first-order valence-corrected chi connectivity index (χ1v) is 9.14. The van der Waals surface area contributed by atoms with Gasteiger partial charge < -0.3 is 10.2 Å². The Bertz CT molecular complexity index is 946. The van der Waals surface area contributed by atoms with Gasteiger partial charge in [-0.2, -0.15) is 0 Å². The van der Waals surface area contributed by atoms with Crippen LogP contribution in [-0.2, 0) is 4.79 Å². The smallest absolute Gasteiger partial charge is 0.224 e. The Kier molecular flexibility index (Phi) is 4.98. The molecule has 7 heteroatoms. The third kappa shape index (κ3) is 4.06. The standard InChI is InChI=1S/C20H18ClN5O/c21-16-7-5-14(6-8-16)17-11-18(23-13-26-10-2-4-19(26)27)25-20(24-17)15-3-1-9-22-12-15/h1,3,5-9,11-12H,2,4,10,13H2,(H,23,24,25). The number of aromatic nitrogens is 3. The maximum absolute atomic E-state index is 11.8. The second-order valence-corrected chi connectivity index (χ2v) is 6.74. The zero-order valence-corrected chi connectivity index (χ0v) is 15.4. The Morgan fingerprint density at radius 1 is 1.11 bits per heavy atom. The molecule has 1 aliphatic rings. The topological polar surface area (TPSA) is 71.0 Å². The number of rotatable bonds is 5. The van der Waals surface area contributed by atoms with E-state index in [9.17, 15) is 4.79 Å². The molecule has 136 valence electrons. The number of amides is 1. The summed E-state index contributed by atoms with van der Waals surface area (Å²) in [4.78, 5) is 27.1. The predicted octanol–water partition coefficient (Wildman–Crippen LogP) is 3.85. The fraction of sp³-hybridized carbons (Fsp3) is 0.200. The van der Waals surface area contributed by atoms with Crippen LogP contribution in [0.25, 0.3) is 22.6 Å². The lowest BCUT2D eigenvalue weighted by atomic mass is 10.1. The Morgan fingerprint density at radius 2 is 1.96 bits per heavy atom.